The first kappa shape index (κ1) is 13.2. The van der Waals surface area contributed by atoms with Gasteiger partial charge in [-0.25, -0.2) is 4.98 Å². The van der Waals surface area contributed by atoms with Gasteiger partial charge in [0.15, 0.2) is 0 Å². The van der Waals surface area contributed by atoms with Gasteiger partial charge in [0, 0.05) is 25.2 Å². The number of aromatic nitrogens is 2. The molecule has 0 aliphatic carbocycles. The van der Waals surface area contributed by atoms with Gasteiger partial charge in [-0.3, -0.25) is 0 Å². The van der Waals surface area contributed by atoms with Crippen LogP contribution < -0.4 is 0 Å². The van der Waals surface area contributed by atoms with E-state index in [1.807, 2.05) is 0 Å². The van der Waals surface area contributed by atoms with Gasteiger partial charge in [0.05, 0.1) is 5.69 Å². The number of rotatable bonds is 3. The highest BCUT2D eigenvalue weighted by Crippen LogP contribution is 2.27. The van der Waals surface area contributed by atoms with Crippen molar-refractivity contribution in [1.29, 1.82) is 0 Å². The number of piperidine rings is 1. The predicted molar refractivity (Wildman–Crippen MR) is 78.4 cm³/mol. The van der Waals surface area contributed by atoms with Crippen LogP contribution in [0.4, 0.5) is 0 Å². The Labute approximate surface area is 117 Å². The van der Waals surface area contributed by atoms with E-state index in [0.717, 1.165) is 5.92 Å². The van der Waals surface area contributed by atoms with E-state index in [1.54, 1.807) is 0 Å². The third kappa shape index (κ3) is 2.86. The van der Waals surface area contributed by atoms with Crippen LogP contribution >= 0.6 is 0 Å². The molecule has 1 aromatic heterocycles. The molecule has 0 bridgehead atoms. The number of nitrogens with zero attached hydrogens (tertiary/aromatic N) is 3. The molecule has 0 aromatic carbocycles. The molecule has 1 fully saturated rings. The van der Waals surface area contributed by atoms with E-state index in [2.05, 4.69) is 29.5 Å². The van der Waals surface area contributed by atoms with Crippen molar-refractivity contribution in [3.63, 3.8) is 0 Å². The maximum Gasteiger partial charge on any atom is 0.111 e. The summed E-state index contributed by atoms with van der Waals surface area (Å²) in [5.74, 6) is 2.81. The molecule has 2 aliphatic heterocycles. The molecule has 0 radical (unpaired) electrons. The highest BCUT2D eigenvalue weighted by molar-refractivity contribution is 5.10. The molecular weight excluding hydrogens is 234 g/mol. The van der Waals surface area contributed by atoms with Gasteiger partial charge in [-0.2, -0.15) is 0 Å². The minimum atomic E-state index is 0.654. The van der Waals surface area contributed by atoms with Crippen LogP contribution in [0.5, 0.6) is 0 Å². The average molecular weight is 261 g/mol. The molecular formula is C16H27N3. The van der Waals surface area contributed by atoms with E-state index in [9.17, 15) is 0 Å². The molecule has 2 atom stereocenters. The number of imidazole rings is 1. The quantitative estimate of drug-likeness (QED) is 0.834. The van der Waals surface area contributed by atoms with E-state index >= 15 is 0 Å². The lowest BCUT2D eigenvalue weighted by Gasteiger charge is -2.31. The Kier molecular flexibility index (Phi) is 3.92. The van der Waals surface area contributed by atoms with Gasteiger partial charge in [0.1, 0.15) is 5.82 Å². The summed E-state index contributed by atoms with van der Waals surface area (Å²) in [5.41, 5.74) is 1.34. The molecule has 0 spiro atoms. The van der Waals surface area contributed by atoms with Gasteiger partial charge in [-0.15, -0.1) is 0 Å². The molecule has 2 aliphatic rings. The lowest BCUT2D eigenvalue weighted by Crippen LogP contribution is -2.35. The van der Waals surface area contributed by atoms with Gasteiger partial charge < -0.3 is 9.47 Å². The monoisotopic (exact) mass is 261 g/mol. The van der Waals surface area contributed by atoms with Crippen molar-refractivity contribution >= 4 is 0 Å². The predicted octanol–water partition coefficient (Wildman–Crippen LogP) is 3.05. The second-order valence-electron chi connectivity index (χ2n) is 6.43. The van der Waals surface area contributed by atoms with Crippen LogP contribution in [-0.2, 0) is 13.0 Å². The summed E-state index contributed by atoms with van der Waals surface area (Å²) in [6, 6.07) is 0. The zero-order chi connectivity index (χ0) is 13.2. The summed E-state index contributed by atoms with van der Waals surface area (Å²) in [4.78, 5) is 7.51. The molecule has 3 heteroatoms. The van der Waals surface area contributed by atoms with Crippen molar-refractivity contribution in [1.82, 2.24) is 14.5 Å². The summed E-state index contributed by atoms with van der Waals surface area (Å²) in [5, 5.41) is 0. The molecule has 3 rings (SSSR count). The first-order chi connectivity index (χ1) is 9.26. The summed E-state index contributed by atoms with van der Waals surface area (Å²) in [7, 11) is 0. The Morgan fingerprint density at radius 1 is 1.26 bits per heavy atom. The SMILES string of the molecule is CCN1CCCC(Cc2cn3c(n2)C(C)CCC3)C1. The Morgan fingerprint density at radius 2 is 2.11 bits per heavy atom. The minimum Gasteiger partial charge on any atom is -0.334 e. The fourth-order valence-corrected chi connectivity index (χ4v) is 3.75. The first-order valence-corrected chi connectivity index (χ1v) is 8.04. The zero-order valence-electron chi connectivity index (χ0n) is 12.4. The molecule has 3 heterocycles. The number of likely N-dealkylation sites (tertiary alicyclic amines) is 1. The molecule has 2 unspecified atom stereocenters. The average Bonchev–Trinajstić information content (AvgIpc) is 2.83. The Morgan fingerprint density at radius 3 is 2.89 bits per heavy atom. The first-order valence-electron chi connectivity index (χ1n) is 8.04. The van der Waals surface area contributed by atoms with Crippen LogP contribution in [0.25, 0.3) is 0 Å². The Hall–Kier alpha value is -0.830. The van der Waals surface area contributed by atoms with Crippen molar-refractivity contribution < 1.29 is 0 Å². The standard InChI is InChI=1S/C16H27N3/c1-3-18-8-5-7-14(11-18)10-15-12-19-9-4-6-13(2)16(19)17-15/h12-14H,3-11H2,1-2H3. The lowest BCUT2D eigenvalue weighted by atomic mass is 9.93. The number of hydrogen-bond donors (Lipinski definition) is 0. The molecule has 106 valence electrons. The van der Waals surface area contributed by atoms with Crippen LogP contribution in [-0.4, -0.2) is 34.1 Å². The second kappa shape index (κ2) is 5.66. The van der Waals surface area contributed by atoms with Gasteiger partial charge in [0.2, 0.25) is 0 Å². The third-order valence-electron chi connectivity index (χ3n) is 4.88. The zero-order valence-corrected chi connectivity index (χ0v) is 12.4. The molecule has 0 amide bonds. The van der Waals surface area contributed by atoms with Gasteiger partial charge in [0.25, 0.3) is 0 Å². The van der Waals surface area contributed by atoms with E-state index in [0.29, 0.717) is 5.92 Å². The molecule has 19 heavy (non-hydrogen) atoms. The minimum absolute atomic E-state index is 0.654. The van der Waals surface area contributed by atoms with Crippen LogP contribution in [0.15, 0.2) is 6.20 Å². The summed E-state index contributed by atoms with van der Waals surface area (Å²) < 4.78 is 2.41. The molecule has 3 nitrogen and oxygen atoms in total. The van der Waals surface area contributed by atoms with Crippen molar-refractivity contribution in [3.05, 3.63) is 17.7 Å². The molecule has 1 saturated heterocycles. The smallest absolute Gasteiger partial charge is 0.111 e. The van der Waals surface area contributed by atoms with Gasteiger partial charge in [-0.1, -0.05) is 13.8 Å². The highest BCUT2D eigenvalue weighted by Gasteiger charge is 2.23. The third-order valence-corrected chi connectivity index (χ3v) is 4.88. The van der Waals surface area contributed by atoms with Crippen molar-refractivity contribution in [2.24, 2.45) is 5.92 Å². The summed E-state index contributed by atoms with van der Waals surface area (Å²) >= 11 is 0. The fraction of sp³-hybridized carbons (Fsp3) is 0.812. The van der Waals surface area contributed by atoms with E-state index in [4.69, 9.17) is 4.98 Å². The van der Waals surface area contributed by atoms with Gasteiger partial charge >= 0.3 is 0 Å². The topological polar surface area (TPSA) is 21.1 Å². The summed E-state index contributed by atoms with van der Waals surface area (Å²) in [6.07, 6.45) is 8.89. The van der Waals surface area contributed by atoms with Crippen LogP contribution in [0.1, 0.15) is 57.0 Å². The number of aryl methyl sites for hydroxylation is 1. The van der Waals surface area contributed by atoms with Crippen molar-refractivity contribution in [2.45, 2.75) is 58.4 Å². The maximum atomic E-state index is 4.92. The maximum absolute atomic E-state index is 4.92. The second-order valence-corrected chi connectivity index (χ2v) is 6.43. The highest BCUT2D eigenvalue weighted by atomic mass is 15.1. The lowest BCUT2D eigenvalue weighted by molar-refractivity contribution is 0.181. The largest absolute Gasteiger partial charge is 0.334 e. The number of fused-ring (bicyclic) bond motifs is 1. The van der Waals surface area contributed by atoms with Crippen molar-refractivity contribution in [3.8, 4) is 0 Å². The van der Waals surface area contributed by atoms with E-state index in [-0.39, 0.29) is 0 Å². The van der Waals surface area contributed by atoms with Crippen molar-refractivity contribution in [2.75, 3.05) is 19.6 Å². The van der Waals surface area contributed by atoms with Crippen LogP contribution in [0, 0.1) is 5.92 Å². The molecule has 1 aromatic rings. The normalized spacial score (nSPS) is 28.3. The van der Waals surface area contributed by atoms with E-state index in [1.165, 1.54) is 69.8 Å². The van der Waals surface area contributed by atoms with E-state index < -0.39 is 0 Å². The van der Waals surface area contributed by atoms with Gasteiger partial charge in [-0.05, 0) is 51.1 Å². The van der Waals surface area contributed by atoms with Crippen LogP contribution in [0.2, 0.25) is 0 Å². The fourth-order valence-electron chi connectivity index (χ4n) is 3.75. The summed E-state index contributed by atoms with van der Waals surface area (Å²) in [6.45, 7) is 9.55. The van der Waals surface area contributed by atoms with Crippen LogP contribution in [0.3, 0.4) is 0 Å². The Bertz CT molecular complexity index is 424. The Balaban J connectivity index is 1.66. The molecule has 0 N–H and O–H groups in total. The molecule has 0 saturated carbocycles. The number of hydrogen-bond acceptors (Lipinski definition) is 2.